The first-order valence-electron chi connectivity index (χ1n) is 9.89. The molecule has 5 heteroatoms. The van der Waals surface area contributed by atoms with E-state index in [-0.39, 0.29) is 30.3 Å². The Labute approximate surface area is 160 Å². The highest BCUT2D eigenvalue weighted by Crippen LogP contribution is 2.35. The van der Waals surface area contributed by atoms with Crippen LogP contribution in [0.4, 0.5) is 0 Å². The van der Waals surface area contributed by atoms with Crippen molar-refractivity contribution in [1.82, 2.24) is 14.4 Å². The van der Waals surface area contributed by atoms with Gasteiger partial charge in [-0.3, -0.25) is 9.59 Å². The Balaban J connectivity index is 1.63. The van der Waals surface area contributed by atoms with Crippen LogP contribution < -0.4 is 0 Å². The van der Waals surface area contributed by atoms with E-state index in [1.54, 1.807) is 4.90 Å². The lowest BCUT2D eigenvalue weighted by Gasteiger charge is -2.39. The predicted molar refractivity (Wildman–Crippen MR) is 104 cm³/mol. The molecular formula is C22H27N3O2. The molecule has 1 atom stereocenters. The van der Waals surface area contributed by atoms with Crippen LogP contribution in [0.5, 0.6) is 0 Å². The number of likely N-dealkylation sites (N-methyl/N-ethyl adjacent to an activating group) is 1. The number of carbonyl (C=O) groups is 2. The van der Waals surface area contributed by atoms with Crippen molar-refractivity contribution in [2.75, 3.05) is 19.6 Å². The molecule has 0 bridgehead atoms. The van der Waals surface area contributed by atoms with Crippen molar-refractivity contribution in [3.8, 4) is 0 Å². The van der Waals surface area contributed by atoms with Gasteiger partial charge in [0.15, 0.2) is 0 Å². The molecule has 1 aromatic carbocycles. The van der Waals surface area contributed by atoms with E-state index in [1.807, 2.05) is 30.0 Å². The van der Waals surface area contributed by atoms with Gasteiger partial charge >= 0.3 is 0 Å². The molecule has 1 fully saturated rings. The summed E-state index contributed by atoms with van der Waals surface area (Å²) in [5.74, 6) is 0.314. The molecule has 2 aromatic rings. The fraction of sp³-hybridized carbons (Fsp3) is 0.455. The van der Waals surface area contributed by atoms with Gasteiger partial charge in [0.1, 0.15) is 0 Å². The molecule has 2 aliphatic rings. The van der Waals surface area contributed by atoms with Crippen LogP contribution in [0.1, 0.15) is 42.6 Å². The smallest absolute Gasteiger partial charge is 0.243 e. The van der Waals surface area contributed by atoms with Gasteiger partial charge in [0.05, 0.1) is 12.6 Å². The third-order valence-electron chi connectivity index (χ3n) is 5.79. The van der Waals surface area contributed by atoms with Crippen molar-refractivity contribution in [1.29, 1.82) is 0 Å². The molecular weight excluding hydrogens is 338 g/mol. The Morgan fingerprint density at radius 3 is 2.59 bits per heavy atom. The topological polar surface area (TPSA) is 45.6 Å². The van der Waals surface area contributed by atoms with Crippen molar-refractivity contribution in [3.05, 3.63) is 59.4 Å². The van der Waals surface area contributed by atoms with E-state index in [1.165, 1.54) is 5.56 Å². The highest BCUT2D eigenvalue weighted by Gasteiger charge is 2.37. The summed E-state index contributed by atoms with van der Waals surface area (Å²) < 4.78 is 2.23. The second kappa shape index (κ2) is 7.22. The van der Waals surface area contributed by atoms with E-state index in [9.17, 15) is 9.59 Å². The Bertz CT molecular complexity index is 853. The molecule has 2 heterocycles. The molecule has 0 saturated heterocycles. The number of hydrogen-bond donors (Lipinski definition) is 0. The lowest BCUT2D eigenvalue weighted by atomic mass is 9.95. The van der Waals surface area contributed by atoms with E-state index in [0.29, 0.717) is 13.1 Å². The highest BCUT2D eigenvalue weighted by atomic mass is 16.2. The van der Waals surface area contributed by atoms with Crippen LogP contribution in [-0.4, -0.2) is 45.8 Å². The number of hydrogen-bond acceptors (Lipinski definition) is 2. The summed E-state index contributed by atoms with van der Waals surface area (Å²) in [4.78, 5) is 29.4. The third-order valence-corrected chi connectivity index (χ3v) is 5.79. The average Bonchev–Trinajstić information content (AvgIpc) is 3.42. The number of carbonyl (C=O) groups excluding carboxylic acids is 2. The zero-order valence-electron chi connectivity index (χ0n) is 16.1. The Hall–Kier alpha value is -2.56. The quantitative estimate of drug-likeness (QED) is 0.818. The SMILES string of the molecule is CCN(CC(=O)N1CCn2cccc2C1c1ccccc1C)C(=O)C1CC1. The van der Waals surface area contributed by atoms with Gasteiger partial charge in [0, 0.05) is 37.4 Å². The highest BCUT2D eigenvalue weighted by molar-refractivity contribution is 5.87. The van der Waals surface area contributed by atoms with E-state index in [4.69, 9.17) is 0 Å². The summed E-state index contributed by atoms with van der Waals surface area (Å²) in [7, 11) is 0. The number of nitrogens with zero attached hydrogens (tertiary/aromatic N) is 3. The van der Waals surface area contributed by atoms with Gasteiger partial charge in [-0.25, -0.2) is 0 Å². The van der Waals surface area contributed by atoms with Crippen molar-refractivity contribution >= 4 is 11.8 Å². The minimum absolute atomic E-state index is 0.0338. The van der Waals surface area contributed by atoms with E-state index >= 15 is 0 Å². The molecule has 1 aromatic heterocycles. The summed E-state index contributed by atoms with van der Waals surface area (Å²) in [6.07, 6.45) is 4.01. The first-order valence-corrected chi connectivity index (χ1v) is 9.89. The van der Waals surface area contributed by atoms with Gasteiger partial charge in [-0.1, -0.05) is 24.3 Å². The normalized spacial score (nSPS) is 18.9. The summed E-state index contributed by atoms with van der Waals surface area (Å²) in [5, 5.41) is 0. The average molecular weight is 365 g/mol. The van der Waals surface area contributed by atoms with Crippen molar-refractivity contribution in [3.63, 3.8) is 0 Å². The molecule has 0 spiro atoms. The van der Waals surface area contributed by atoms with Crippen LogP contribution in [0.15, 0.2) is 42.6 Å². The fourth-order valence-corrected chi connectivity index (χ4v) is 4.06. The molecule has 1 aliphatic heterocycles. The maximum absolute atomic E-state index is 13.3. The molecule has 5 nitrogen and oxygen atoms in total. The number of aryl methyl sites for hydroxylation is 1. The van der Waals surface area contributed by atoms with Crippen molar-refractivity contribution < 1.29 is 9.59 Å². The minimum Gasteiger partial charge on any atom is -0.348 e. The zero-order valence-corrected chi connectivity index (χ0v) is 16.1. The van der Waals surface area contributed by atoms with Gasteiger partial charge in [-0.15, -0.1) is 0 Å². The van der Waals surface area contributed by atoms with E-state index in [0.717, 1.165) is 30.6 Å². The number of fused-ring (bicyclic) bond motifs is 1. The summed E-state index contributed by atoms with van der Waals surface area (Å²) in [5.41, 5.74) is 3.47. The van der Waals surface area contributed by atoms with Gasteiger partial charge in [0.2, 0.25) is 11.8 Å². The van der Waals surface area contributed by atoms with Crippen molar-refractivity contribution in [2.45, 2.75) is 39.3 Å². The van der Waals surface area contributed by atoms with E-state index < -0.39 is 0 Å². The molecule has 142 valence electrons. The second-order valence-corrected chi connectivity index (χ2v) is 7.60. The molecule has 2 amide bonds. The molecule has 1 saturated carbocycles. The summed E-state index contributed by atoms with van der Waals surface area (Å²) in [6, 6.07) is 12.3. The van der Waals surface area contributed by atoms with Crippen LogP contribution in [-0.2, 0) is 16.1 Å². The Kier molecular flexibility index (Phi) is 4.77. The summed E-state index contributed by atoms with van der Waals surface area (Å²) in [6.45, 7) is 6.26. The van der Waals surface area contributed by atoms with Crippen LogP contribution in [0.2, 0.25) is 0 Å². The van der Waals surface area contributed by atoms with Gasteiger partial charge < -0.3 is 14.4 Å². The van der Waals surface area contributed by atoms with Gasteiger partial charge in [-0.2, -0.15) is 0 Å². The third kappa shape index (κ3) is 3.38. The standard InChI is InChI=1S/C22H27N3O2/c1-3-23(22(27)17-10-11-17)15-20(26)25-14-13-24-12-6-9-19(24)21(25)18-8-5-4-7-16(18)2/h4-9,12,17,21H,3,10-11,13-15H2,1-2H3. The van der Waals surface area contributed by atoms with Crippen LogP contribution >= 0.6 is 0 Å². The second-order valence-electron chi connectivity index (χ2n) is 7.60. The maximum Gasteiger partial charge on any atom is 0.243 e. The number of benzene rings is 1. The maximum atomic E-state index is 13.3. The number of amides is 2. The lowest BCUT2D eigenvalue weighted by Crippen LogP contribution is -2.48. The molecule has 0 N–H and O–H groups in total. The monoisotopic (exact) mass is 365 g/mol. The summed E-state index contributed by atoms with van der Waals surface area (Å²) >= 11 is 0. The fourth-order valence-electron chi connectivity index (χ4n) is 4.06. The first kappa shape index (κ1) is 17.8. The molecule has 4 rings (SSSR count). The van der Waals surface area contributed by atoms with E-state index in [2.05, 4.69) is 35.9 Å². The van der Waals surface area contributed by atoms with Crippen LogP contribution in [0.25, 0.3) is 0 Å². The molecule has 0 radical (unpaired) electrons. The molecule has 1 aliphatic carbocycles. The zero-order chi connectivity index (χ0) is 19.0. The van der Waals surface area contributed by atoms with Gasteiger partial charge in [-0.05, 0) is 49.9 Å². The molecule has 27 heavy (non-hydrogen) atoms. The Morgan fingerprint density at radius 2 is 1.89 bits per heavy atom. The Morgan fingerprint density at radius 1 is 1.11 bits per heavy atom. The number of rotatable bonds is 5. The first-order chi connectivity index (χ1) is 13.1. The largest absolute Gasteiger partial charge is 0.348 e. The lowest BCUT2D eigenvalue weighted by molar-refractivity contribution is -0.142. The predicted octanol–water partition coefficient (Wildman–Crippen LogP) is 2.99. The van der Waals surface area contributed by atoms with Crippen LogP contribution in [0, 0.1) is 12.8 Å². The van der Waals surface area contributed by atoms with Gasteiger partial charge in [0.25, 0.3) is 0 Å². The molecule has 1 unspecified atom stereocenters. The van der Waals surface area contributed by atoms with Crippen molar-refractivity contribution in [2.24, 2.45) is 5.92 Å². The van der Waals surface area contributed by atoms with Crippen LogP contribution in [0.3, 0.4) is 0 Å². The minimum atomic E-state index is -0.0998. The number of aromatic nitrogens is 1.